The lowest BCUT2D eigenvalue weighted by Crippen LogP contribution is -2.35. The van der Waals surface area contributed by atoms with Gasteiger partial charge in [-0.2, -0.15) is 14.5 Å². The van der Waals surface area contributed by atoms with Crippen LogP contribution >= 0.6 is 22.9 Å². The number of benzene rings is 1. The SMILES string of the molecule is Cc1ncsc1-c1cnn(C(CC2CC2)c2ccc(-c3c(-n4cnnn4)ccc(Cl)c3F)c[n+]2[O-])c1. The predicted octanol–water partition coefficient (Wildman–Crippen LogP) is 4.77. The number of aromatic nitrogens is 8. The van der Waals surface area contributed by atoms with E-state index in [9.17, 15) is 5.21 Å². The molecule has 12 heteroatoms. The molecule has 1 aliphatic carbocycles. The van der Waals surface area contributed by atoms with Crippen molar-refractivity contribution in [2.45, 2.75) is 32.2 Å². The summed E-state index contributed by atoms with van der Waals surface area (Å²) in [6.07, 6.45) is 9.58. The highest BCUT2D eigenvalue weighted by molar-refractivity contribution is 7.13. The molecule has 182 valence electrons. The van der Waals surface area contributed by atoms with Crippen molar-refractivity contribution in [2.24, 2.45) is 5.92 Å². The number of nitrogens with zero attached hydrogens (tertiary/aromatic N) is 8. The van der Waals surface area contributed by atoms with Crippen LogP contribution in [0, 0.1) is 23.9 Å². The summed E-state index contributed by atoms with van der Waals surface area (Å²) in [7, 11) is 0. The number of aryl methyl sites for hydroxylation is 1. The highest BCUT2D eigenvalue weighted by atomic mass is 35.5. The Hall–Kier alpha value is -3.70. The topological polar surface area (TPSA) is 101 Å². The minimum Gasteiger partial charge on any atom is -0.618 e. The first-order valence-electron chi connectivity index (χ1n) is 11.4. The predicted molar refractivity (Wildman–Crippen MR) is 132 cm³/mol. The fraction of sp³-hybridized carbons (Fsp3) is 0.250. The highest BCUT2D eigenvalue weighted by Gasteiger charge is 2.32. The Morgan fingerprint density at radius 1 is 1.25 bits per heavy atom. The lowest BCUT2D eigenvalue weighted by atomic mass is 10.0. The van der Waals surface area contributed by atoms with Crippen LogP contribution in [0.1, 0.15) is 36.7 Å². The summed E-state index contributed by atoms with van der Waals surface area (Å²) in [5.41, 5.74) is 5.15. The standard InChI is InChI=1S/C24H20ClFN8OS/c1-14-24(36-13-27-14)17-9-29-32(10-17)21(8-15-2-3-15)19-6-4-16(11-34(19)35)22-20(33-12-28-30-31-33)7-5-18(25)23(22)26/h4-7,9-13,15,21H,2-3,8H2,1H3. The Kier molecular flexibility index (Phi) is 5.73. The lowest BCUT2D eigenvalue weighted by molar-refractivity contribution is -0.615. The van der Waals surface area contributed by atoms with Crippen LogP contribution in [0.4, 0.5) is 4.39 Å². The van der Waals surface area contributed by atoms with Crippen LogP contribution in [0.25, 0.3) is 27.3 Å². The van der Waals surface area contributed by atoms with Gasteiger partial charge in [0.25, 0.3) is 0 Å². The van der Waals surface area contributed by atoms with E-state index in [1.807, 2.05) is 29.5 Å². The minimum absolute atomic E-state index is 0.0580. The van der Waals surface area contributed by atoms with Gasteiger partial charge in [0, 0.05) is 17.8 Å². The van der Waals surface area contributed by atoms with Crippen LogP contribution in [-0.2, 0) is 0 Å². The molecule has 5 aromatic rings. The van der Waals surface area contributed by atoms with Crippen molar-refractivity contribution in [3.63, 3.8) is 0 Å². The summed E-state index contributed by atoms with van der Waals surface area (Å²) in [6.45, 7) is 1.97. The Balaban J connectivity index is 1.41. The van der Waals surface area contributed by atoms with E-state index in [-0.39, 0.29) is 16.6 Å². The number of hydrogen-bond acceptors (Lipinski definition) is 7. The number of thiazole rings is 1. The molecule has 1 atom stereocenters. The zero-order chi connectivity index (χ0) is 24.8. The molecule has 1 fully saturated rings. The Morgan fingerprint density at radius 2 is 2.11 bits per heavy atom. The third-order valence-electron chi connectivity index (χ3n) is 6.43. The Bertz CT molecular complexity index is 1550. The van der Waals surface area contributed by atoms with Gasteiger partial charge >= 0.3 is 0 Å². The first kappa shape index (κ1) is 22.7. The average molecular weight is 523 g/mol. The van der Waals surface area contributed by atoms with Crippen molar-refractivity contribution in [3.05, 3.63) is 82.1 Å². The van der Waals surface area contributed by atoms with E-state index in [1.165, 1.54) is 23.3 Å². The first-order valence-corrected chi connectivity index (χ1v) is 12.6. The van der Waals surface area contributed by atoms with Crippen molar-refractivity contribution in [1.29, 1.82) is 0 Å². The van der Waals surface area contributed by atoms with Crippen molar-refractivity contribution in [2.75, 3.05) is 0 Å². The van der Waals surface area contributed by atoms with E-state index in [2.05, 4.69) is 25.6 Å². The third-order valence-corrected chi connectivity index (χ3v) is 7.69. The molecule has 0 N–H and O–H groups in total. The Morgan fingerprint density at radius 3 is 2.81 bits per heavy atom. The molecule has 1 saturated carbocycles. The van der Waals surface area contributed by atoms with Gasteiger partial charge in [-0.3, -0.25) is 4.68 Å². The molecule has 9 nitrogen and oxygen atoms in total. The van der Waals surface area contributed by atoms with Crippen molar-refractivity contribution < 1.29 is 9.12 Å². The molecule has 1 aromatic carbocycles. The quantitative estimate of drug-likeness (QED) is 0.225. The van der Waals surface area contributed by atoms with Crippen LogP contribution in [-0.4, -0.2) is 35.0 Å². The molecule has 0 radical (unpaired) electrons. The molecule has 6 rings (SSSR count). The van der Waals surface area contributed by atoms with Crippen molar-refractivity contribution in [1.82, 2.24) is 35.0 Å². The molecule has 0 saturated heterocycles. The maximum absolute atomic E-state index is 15.2. The lowest BCUT2D eigenvalue weighted by Gasteiger charge is -2.18. The second-order valence-electron chi connectivity index (χ2n) is 8.85. The molecule has 0 spiro atoms. The van der Waals surface area contributed by atoms with Gasteiger partial charge in [0.05, 0.1) is 44.1 Å². The van der Waals surface area contributed by atoms with Crippen molar-refractivity contribution in [3.8, 4) is 27.3 Å². The number of hydrogen-bond donors (Lipinski definition) is 0. The van der Waals surface area contributed by atoms with E-state index >= 15 is 4.39 Å². The van der Waals surface area contributed by atoms with Crippen LogP contribution < -0.4 is 4.73 Å². The molecule has 1 aliphatic rings. The fourth-order valence-corrected chi connectivity index (χ4v) is 5.35. The normalized spacial score (nSPS) is 14.3. The summed E-state index contributed by atoms with van der Waals surface area (Å²) >= 11 is 7.64. The molecule has 4 heterocycles. The van der Waals surface area contributed by atoms with Gasteiger partial charge in [0.1, 0.15) is 12.4 Å². The van der Waals surface area contributed by atoms with Gasteiger partial charge in [-0.05, 0) is 47.9 Å². The van der Waals surface area contributed by atoms with E-state index in [0.29, 0.717) is 22.9 Å². The summed E-state index contributed by atoms with van der Waals surface area (Å²) in [5, 5.41) is 29.1. The van der Waals surface area contributed by atoms with Gasteiger partial charge in [-0.15, -0.1) is 16.4 Å². The summed E-state index contributed by atoms with van der Waals surface area (Å²) in [4.78, 5) is 5.39. The maximum atomic E-state index is 15.2. The molecule has 0 bridgehead atoms. The first-order chi connectivity index (χ1) is 17.5. The molecule has 1 unspecified atom stereocenters. The summed E-state index contributed by atoms with van der Waals surface area (Å²) in [5.74, 6) is -0.104. The largest absolute Gasteiger partial charge is 0.618 e. The molecule has 0 amide bonds. The van der Waals surface area contributed by atoms with Crippen molar-refractivity contribution >= 4 is 22.9 Å². The van der Waals surface area contributed by atoms with Crippen LogP contribution in [0.5, 0.6) is 0 Å². The van der Waals surface area contributed by atoms with E-state index in [0.717, 1.165) is 40.1 Å². The Labute approximate surface area is 214 Å². The van der Waals surface area contributed by atoms with Crippen LogP contribution in [0.3, 0.4) is 0 Å². The van der Waals surface area contributed by atoms with Gasteiger partial charge < -0.3 is 5.21 Å². The highest BCUT2D eigenvalue weighted by Crippen LogP contribution is 2.40. The number of tetrazole rings is 1. The smallest absolute Gasteiger partial charge is 0.217 e. The zero-order valence-electron chi connectivity index (χ0n) is 19.1. The monoisotopic (exact) mass is 522 g/mol. The minimum atomic E-state index is -0.649. The number of rotatable bonds is 7. The second kappa shape index (κ2) is 9.07. The summed E-state index contributed by atoms with van der Waals surface area (Å²) in [6, 6.07) is 6.25. The molecular weight excluding hydrogens is 503 g/mol. The number of pyridine rings is 1. The molecule has 0 aliphatic heterocycles. The van der Waals surface area contributed by atoms with Gasteiger partial charge in [0.15, 0.2) is 12.0 Å². The van der Waals surface area contributed by atoms with E-state index in [1.54, 1.807) is 29.5 Å². The molecule has 4 aromatic heterocycles. The van der Waals surface area contributed by atoms with Gasteiger partial charge in [0.2, 0.25) is 5.69 Å². The maximum Gasteiger partial charge on any atom is 0.217 e. The van der Waals surface area contributed by atoms with Gasteiger partial charge in [-0.1, -0.05) is 24.4 Å². The molecule has 36 heavy (non-hydrogen) atoms. The van der Waals surface area contributed by atoms with Crippen LogP contribution in [0.15, 0.2) is 54.7 Å². The molecular formula is C24H20ClFN8OS. The van der Waals surface area contributed by atoms with E-state index in [4.69, 9.17) is 11.6 Å². The van der Waals surface area contributed by atoms with Crippen LogP contribution in [0.2, 0.25) is 5.02 Å². The number of halogens is 2. The van der Waals surface area contributed by atoms with E-state index < -0.39 is 5.82 Å². The van der Waals surface area contributed by atoms with Gasteiger partial charge in [-0.25, -0.2) is 9.37 Å². The second-order valence-corrected chi connectivity index (χ2v) is 10.1. The third kappa shape index (κ3) is 4.14. The zero-order valence-corrected chi connectivity index (χ0v) is 20.7. The fourth-order valence-electron chi connectivity index (χ4n) is 4.41. The summed E-state index contributed by atoms with van der Waals surface area (Å²) < 4.78 is 19.2. The average Bonchev–Trinajstić information content (AvgIpc) is 3.24.